The molecule has 0 aromatic heterocycles. The highest BCUT2D eigenvalue weighted by Crippen LogP contribution is 2.35. The summed E-state index contributed by atoms with van der Waals surface area (Å²) < 4.78 is 0. The Hall–Kier alpha value is -0.520. The molecule has 4 heteroatoms. The Kier molecular flexibility index (Phi) is 3.97. The zero-order chi connectivity index (χ0) is 10.7. The second-order valence-corrected chi connectivity index (χ2v) is 4.32. The van der Waals surface area contributed by atoms with E-state index in [0.717, 1.165) is 0 Å². The van der Waals surface area contributed by atoms with Gasteiger partial charge in [0.25, 0.3) is 0 Å². The molecule has 1 aliphatic rings. The van der Waals surface area contributed by atoms with Gasteiger partial charge < -0.3 is 0 Å². The van der Waals surface area contributed by atoms with Crippen LogP contribution in [0.4, 0.5) is 0 Å². The first kappa shape index (κ1) is 11.6. The highest BCUT2D eigenvalue weighted by atomic mass is 35.5. The summed E-state index contributed by atoms with van der Waals surface area (Å²) in [5, 5.41) is -0.847. The number of rotatable bonds is 2. The minimum absolute atomic E-state index is 0.0656. The molecule has 0 saturated heterocycles. The fraction of sp³-hybridized carbons (Fsp3) is 0.600. The van der Waals surface area contributed by atoms with Gasteiger partial charge in [0.15, 0.2) is 0 Å². The number of hydrogen-bond donors (Lipinski definition) is 0. The van der Waals surface area contributed by atoms with Crippen LogP contribution >= 0.6 is 23.2 Å². The minimum atomic E-state index is -0.423. The first-order valence-electron chi connectivity index (χ1n) is 4.39. The molecule has 76 valence electrons. The van der Waals surface area contributed by atoms with E-state index in [1.54, 1.807) is 0 Å². The molecule has 2 atom stereocenters. The Bertz CT molecular complexity index is 271. The van der Waals surface area contributed by atoms with Crippen LogP contribution in [0.25, 0.3) is 0 Å². The topological polar surface area (TPSA) is 34.1 Å². The summed E-state index contributed by atoms with van der Waals surface area (Å²) in [7, 11) is 0. The van der Waals surface area contributed by atoms with Crippen LogP contribution in [0.15, 0.2) is 0 Å². The molecule has 0 aliphatic heterocycles. The molecule has 0 aromatic rings. The molecule has 1 fully saturated rings. The van der Waals surface area contributed by atoms with E-state index in [9.17, 15) is 9.59 Å². The average Bonchev–Trinajstić information content (AvgIpc) is 2.16. The SMILES string of the molecule is C#CC1CC(C(=O)Cl)CC(C(=O)Cl)C1. The number of halogens is 2. The van der Waals surface area contributed by atoms with E-state index in [1.165, 1.54) is 0 Å². The van der Waals surface area contributed by atoms with E-state index in [4.69, 9.17) is 29.6 Å². The van der Waals surface area contributed by atoms with Crippen LogP contribution in [0.1, 0.15) is 19.3 Å². The average molecular weight is 233 g/mol. The lowest BCUT2D eigenvalue weighted by atomic mass is 9.76. The van der Waals surface area contributed by atoms with E-state index in [2.05, 4.69) is 5.92 Å². The fourth-order valence-corrected chi connectivity index (χ4v) is 2.18. The van der Waals surface area contributed by atoms with Crippen molar-refractivity contribution in [3.8, 4) is 12.3 Å². The Morgan fingerprint density at radius 1 is 1.07 bits per heavy atom. The molecule has 1 aliphatic carbocycles. The maximum absolute atomic E-state index is 11.0. The number of hydrogen-bond acceptors (Lipinski definition) is 2. The zero-order valence-electron chi connectivity index (χ0n) is 7.50. The summed E-state index contributed by atoms with van der Waals surface area (Å²) in [4.78, 5) is 21.9. The van der Waals surface area contributed by atoms with E-state index in [-0.39, 0.29) is 17.8 Å². The lowest BCUT2D eigenvalue weighted by Crippen LogP contribution is -2.28. The number of carbonyl (C=O) groups excluding carboxylic acids is 2. The van der Waals surface area contributed by atoms with Crippen LogP contribution in [0, 0.1) is 30.1 Å². The van der Waals surface area contributed by atoms with Gasteiger partial charge in [-0.3, -0.25) is 9.59 Å². The summed E-state index contributed by atoms with van der Waals surface area (Å²) in [6, 6.07) is 0. The van der Waals surface area contributed by atoms with Gasteiger partial charge in [-0.15, -0.1) is 12.3 Å². The molecule has 0 spiro atoms. The van der Waals surface area contributed by atoms with Crippen LogP contribution in [0.3, 0.4) is 0 Å². The van der Waals surface area contributed by atoms with E-state index < -0.39 is 10.5 Å². The van der Waals surface area contributed by atoms with Gasteiger partial charge >= 0.3 is 0 Å². The Labute approximate surface area is 92.9 Å². The fourth-order valence-electron chi connectivity index (χ4n) is 1.83. The number of carbonyl (C=O) groups is 2. The van der Waals surface area contributed by atoms with Gasteiger partial charge in [0.1, 0.15) is 0 Å². The Morgan fingerprint density at radius 2 is 1.50 bits per heavy atom. The third-order valence-corrected chi connectivity index (χ3v) is 3.20. The molecule has 0 heterocycles. The Balaban J connectivity index is 2.72. The van der Waals surface area contributed by atoms with Crippen LogP contribution in [-0.2, 0) is 9.59 Å². The molecular formula is C10H10Cl2O2. The van der Waals surface area contributed by atoms with Crippen molar-refractivity contribution in [1.29, 1.82) is 0 Å². The van der Waals surface area contributed by atoms with Crippen molar-refractivity contribution >= 4 is 33.7 Å². The van der Waals surface area contributed by atoms with Crippen LogP contribution < -0.4 is 0 Å². The van der Waals surface area contributed by atoms with E-state index in [1.807, 2.05) is 0 Å². The van der Waals surface area contributed by atoms with E-state index in [0.29, 0.717) is 19.3 Å². The molecule has 0 N–H and O–H groups in total. The molecule has 0 amide bonds. The van der Waals surface area contributed by atoms with Crippen LogP contribution in [0.5, 0.6) is 0 Å². The maximum Gasteiger partial charge on any atom is 0.224 e. The van der Waals surface area contributed by atoms with Gasteiger partial charge in [-0.25, -0.2) is 0 Å². The Morgan fingerprint density at radius 3 is 1.79 bits per heavy atom. The smallest absolute Gasteiger partial charge is 0.224 e. The molecule has 14 heavy (non-hydrogen) atoms. The summed E-state index contributed by atoms with van der Waals surface area (Å²) in [6.07, 6.45) is 6.84. The van der Waals surface area contributed by atoms with Gasteiger partial charge in [0.05, 0.1) is 0 Å². The summed E-state index contributed by atoms with van der Waals surface area (Å²) in [5.41, 5.74) is 0. The summed E-state index contributed by atoms with van der Waals surface area (Å²) >= 11 is 10.8. The summed E-state index contributed by atoms with van der Waals surface area (Å²) in [5.74, 6) is 1.85. The van der Waals surface area contributed by atoms with Crippen molar-refractivity contribution < 1.29 is 9.59 Å². The third-order valence-electron chi connectivity index (χ3n) is 2.58. The molecular weight excluding hydrogens is 223 g/mol. The van der Waals surface area contributed by atoms with Crippen molar-refractivity contribution in [3.05, 3.63) is 0 Å². The van der Waals surface area contributed by atoms with Gasteiger partial charge in [-0.2, -0.15) is 0 Å². The molecule has 1 rings (SSSR count). The van der Waals surface area contributed by atoms with Gasteiger partial charge in [-0.05, 0) is 42.5 Å². The van der Waals surface area contributed by atoms with Crippen molar-refractivity contribution in [3.63, 3.8) is 0 Å². The molecule has 2 nitrogen and oxygen atoms in total. The van der Waals surface area contributed by atoms with Crippen molar-refractivity contribution in [2.45, 2.75) is 19.3 Å². The normalized spacial score (nSPS) is 31.9. The molecule has 0 aromatic carbocycles. The quantitative estimate of drug-likeness (QED) is 0.541. The number of terminal acetylenes is 1. The van der Waals surface area contributed by atoms with Crippen LogP contribution in [0.2, 0.25) is 0 Å². The highest BCUT2D eigenvalue weighted by molar-refractivity contribution is 6.64. The van der Waals surface area contributed by atoms with Gasteiger partial charge in [0, 0.05) is 17.8 Å². The lowest BCUT2D eigenvalue weighted by molar-refractivity contribution is -0.120. The monoisotopic (exact) mass is 232 g/mol. The minimum Gasteiger partial charge on any atom is -0.281 e. The van der Waals surface area contributed by atoms with Gasteiger partial charge in [-0.1, -0.05) is 0 Å². The lowest BCUT2D eigenvalue weighted by Gasteiger charge is -2.28. The largest absolute Gasteiger partial charge is 0.281 e. The van der Waals surface area contributed by atoms with Crippen molar-refractivity contribution in [2.75, 3.05) is 0 Å². The van der Waals surface area contributed by atoms with Crippen molar-refractivity contribution in [1.82, 2.24) is 0 Å². The van der Waals surface area contributed by atoms with E-state index >= 15 is 0 Å². The van der Waals surface area contributed by atoms with Crippen molar-refractivity contribution in [2.24, 2.45) is 17.8 Å². The van der Waals surface area contributed by atoms with Gasteiger partial charge in [0.2, 0.25) is 10.5 Å². The first-order chi connectivity index (χ1) is 6.54. The molecule has 0 bridgehead atoms. The molecule has 1 saturated carbocycles. The standard InChI is InChI=1S/C10H10Cl2O2/c1-2-6-3-7(9(11)13)5-8(4-6)10(12)14/h1,6-8H,3-5H2. The van der Waals surface area contributed by atoms with Crippen LogP contribution in [-0.4, -0.2) is 10.5 Å². The predicted molar refractivity (Wildman–Crippen MR) is 54.9 cm³/mol. The first-order valence-corrected chi connectivity index (χ1v) is 5.15. The summed E-state index contributed by atoms with van der Waals surface area (Å²) in [6.45, 7) is 0. The highest BCUT2D eigenvalue weighted by Gasteiger charge is 2.34. The molecule has 0 radical (unpaired) electrons. The second kappa shape index (κ2) is 4.82. The molecule has 2 unspecified atom stereocenters. The maximum atomic E-state index is 11.0. The predicted octanol–water partition coefficient (Wildman–Crippen LogP) is 2.18. The second-order valence-electron chi connectivity index (χ2n) is 3.57. The third kappa shape index (κ3) is 2.73. The zero-order valence-corrected chi connectivity index (χ0v) is 9.02.